The van der Waals surface area contributed by atoms with Crippen molar-refractivity contribution in [1.29, 1.82) is 0 Å². The molecule has 1 saturated carbocycles. The fourth-order valence-corrected chi connectivity index (χ4v) is 2.53. The summed E-state index contributed by atoms with van der Waals surface area (Å²) in [6, 6.07) is 0. The Morgan fingerprint density at radius 3 is 2.93 bits per heavy atom. The maximum Gasteiger partial charge on any atom is 0.225 e. The molecule has 2 heterocycles. The van der Waals surface area contributed by atoms with E-state index in [0.717, 1.165) is 24.9 Å². The Morgan fingerprint density at radius 2 is 2.36 bits per heavy atom. The number of nitrogens with zero attached hydrogens (tertiary/aromatic N) is 1. The van der Waals surface area contributed by atoms with Gasteiger partial charge in [-0.15, -0.1) is 11.3 Å². The van der Waals surface area contributed by atoms with E-state index >= 15 is 0 Å². The number of nitrogens with one attached hydrogen (secondary N) is 1. The highest BCUT2D eigenvalue weighted by molar-refractivity contribution is 7.09. The Balaban J connectivity index is 1.70. The first kappa shape index (κ1) is 8.68. The van der Waals surface area contributed by atoms with Crippen molar-refractivity contribution in [2.75, 3.05) is 13.1 Å². The first-order chi connectivity index (χ1) is 6.75. The number of aromatic nitrogens is 1. The maximum absolute atomic E-state index is 5.83. The molecule has 2 fully saturated rings. The largest absolute Gasteiger partial charge is 0.468 e. The molecule has 3 rings (SSSR count). The number of hydrogen-bond donors (Lipinski definition) is 1. The van der Waals surface area contributed by atoms with Crippen LogP contribution in [-0.2, 0) is 0 Å². The molecule has 14 heavy (non-hydrogen) atoms. The lowest BCUT2D eigenvalue weighted by molar-refractivity contribution is 0.0310. The smallest absolute Gasteiger partial charge is 0.225 e. The van der Waals surface area contributed by atoms with Crippen LogP contribution >= 0.6 is 11.3 Å². The summed E-state index contributed by atoms with van der Waals surface area (Å²) < 4.78 is 5.83. The van der Waals surface area contributed by atoms with E-state index < -0.39 is 0 Å². The zero-order valence-corrected chi connectivity index (χ0v) is 9.06. The van der Waals surface area contributed by atoms with Gasteiger partial charge in [-0.1, -0.05) is 0 Å². The van der Waals surface area contributed by atoms with E-state index in [4.69, 9.17) is 4.74 Å². The molecule has 4 heteroatoms. The van der Waals surface area contributed by atoms with Crippen LogP contribution in [0.3, 0.4) is 0 Å². The summed E-state index contributed by atoms with van der Waals surface area (Å²) in [6.45, 7) is 3.99. The standard InChI is InChI=1S/C10H14N2OS/c1-10(5-11-6-10)13-8-4-14-9(12-8)7-2-3-7/h4,7,11H,2-3,5-6H2,1H3. The van der Waals surface area contributed by atoms with Crippen molar-refractivity contribution in [2.24, 2.45) is 0 Å². The molecule has 0 unspecified atom stereocenters. The van der Waals surface area contributed by atoms with Crippen molar-refractivity contribution in [3.8, 4) is 5.88 Å². The van der Waals surface area contributed by atoms with Gasteiger partial charge in [-0.3, -0.25) is 0 Å². The second-order valence-corrected chi connectivity index (χ2v) is 5.34. The van der Waals surface area contributed by atoms with Crippen LogP contribution in [0.25, 0.3) is 0 Å². The topological polar surface area (TPSA) is 34.1 Å². The third-order valence-corrected chi connectivity index (χ3v) is 3.76. The van der Waals surface area contributed by atoms with Crippen LogP contribution in [0.5, 0.6) is 5.88 Å². The van der Waals surface area contributed by atoms with Crippen LogP contribution in [0.2, 0.25) is 0 Å². The van der Waals surface area contributed by atoms with Gasteiger partial charge >= 0.3 is 0 Å². The first-order valence-electron chi connectivity index (χ1n) is 5.10. The summed E-state index contributed by atoms with van der Waals surface area (Å²) in [4.78, 5) is 4.51. The van der Waals surface area contributed by atoms with Crippen LogP contribution in [0.15, 0.2) is 5.38 Å². The van der Waals surface area contributed by atoms with E-state index in [-0.39, 0.29) is 5.60 Å². The zero-order valence-electron chi connectivity index (χ0n) is 8.25. The highest BCUT2D eigenvalue weighted by Gasteiger charge is 2.35. The van der Waals surface area contributed by atoms with E-state index in [1.165, 1.54) is 17.8 Å². The van der Waals surface area contributed by atoms with Gasteiger partial charge in [-0.05, 0) is 19.8 Å². The van der Waals surface area contributed by atoms with Crippen molar-refractivity contribution >= 4 is 11.3 Å². The number of thiazole rings is 1. The van der Waals surface area contributed by atoms with Crippen LogP contribution in [-0.4, -0.2) is 23.7 Å². The van der Waals surface area contributed by atoms with Gasteiger partial charge in [0.05, 0.1) is 10.4 Å². The molecule has 1 aromatic rings. The lowest BCUT2D eigenvalue weighted by Gasteiger charge is -2.38. The molecule has 0 amide bonds. The molecule has 0 aromatic carbocycles. The average molecular weight is 210 g/mol. The van der Waals surface area contributed by atoms with Crippen LogP contribution in [0.1, 0.15) is 30.7 Å². The molecule has 1 aromatic heterocycles. The van der Waals surface area contributed by atoms with Gasteiger partial charge in [0.2, 0.25) is 5.88 Å². The Labute approximate surface area is 87.5 Å². The Bertz CT molecular complexity index is 342. The number of hydrogen-bond acceptors (Lipinski definition) is 4. The molecule has 1 aliphatic carbocycles. The zero-order chi connectivity index (χ0) is 9.60. The normalized spacial score (nSPS) is 24.4. The van der Waals surface area contributed by atoms with Crippen molar-refractivity contribution in [3.05, 3.63) is 10.4 Å². The number of ether oxygens (including phenoxy) is 1. The minimum absolute atomic E-state index is 0.0190. The molecule has 1 N–H and O–H groups in total. The second kappa shape index (κ2) is 2.94. The van der Waals surface area contributed by atoms with Gasteiger partial charge in [-0.25, -0.2) is 4.98 Å². The monoisotopic (exact) mass is 210 g/mol. The molecule has 0 spiro atoms. The van der Waals surface area contributed by atoms with Gasteiger partial charge in [0.1, 0.15) is 5.60 Å². The Hall–Kier alpha value is -0.610. The first-order valence-corrected chi connectivity index (χ1v) is 5.98. The molecule has 0 atom stereocenters. The molecule has 0 radical (unpaired) electrons. The van der Waals surface area contributed by atoms with E-state index in [2.05, 4.69) is 17.2 Å². The predicted molar refractivity (Wildman–Crippen MR) is 56.0 cm³/mol. The molecular weight excluding hydrogens is 196 g/mol. The van der Waals surface area contributed by atoms with Gasteiger partial charge in [0.15, 0.2) is 0 Å². The summed E-state index contributed by atoms with van der Waals surface area (Å²) >= 11 is 1.74. The average Bonchev–Trinajstić information content (AvgIpc) is 2.86. The van der Waals surface area contributed by atoms with Gasteiger partial charge in [0, 0.05) is 19.0 Å². The fourth-order valence-electron chi connectivity index (χ4n) is 1.64. The SMILES string of the molecule is CC1(Oc2csc(C3CC3)n2)CNC1. The van der Waals surface area contributed by atoms with Crippen LogP contribution < -0.4 is 10.1 Å². The molecule has 1 aliphatic heterocycles. The lowest BCUT2D eigenvalue weighted by atomic mass is 10.0. The highest BCUT2D eigenvalue weighted by Crippen LogP contribution is 2.42. The Kier molecular flexibility index (Phi) is 1.82. The predicted octanol–water partition coefficient (Wildman–Crippen LogP) is 1.76. The quantitative estimate of drug-likeness (QED) is 0.825. The van der Waals surface area contributed by atoms with Crippen LogP contribution in [0.4, 0.5) is 0 Å². The molecule has 76 valence electrons. The van der Waals surface area contributed by atoms with E-state index in [0.29, 0.717) is 0 Å². The minimum atomic E-state index is -0.0190. The van der Waals surface area contributed by atoms with E-state index in [1.807, 2.05) is 5.38 Å². The van der Waals surface area contributed by atoms with Gasteiger partial charge < -0.3 is 10.1 Å². The van der Waals surface area contributed by atoms with E-state index in [9.17, 15) is 0 Å². The van der Waals surface area contributed by atoms with Crippen molar-refractivity contribution < 1.29 is 4.74 Å². The van der Waals surface area contributed by atoms with Crippen LogP contribution in [0, 0.1) is 0 Å². The minimum Gasteiger partial charge on any atom is -0.468 e. The molecule has 2 aliphatic rings. The number of rotatable bonds is 3. The molecule has 1 saturated heterocycles. The molecule has 3 nitrogen and oxygen atoms in total. The second-order valence-electron chi connectivity index (χ2n) is 4.45. The third-order valence-electron chi connectivity index (χ3n) is 2.78. The summed E-state index contributed by atoms with van der Waals surface area (Å²) in [5, 5.41) is 6.51. The summed E-state index contributed by atoms with van der Waals surface area (Å²) in [6.07, 6.45) is 2.62. The Morgan fingerprint density at radius 1 is 1.57 bits per heavy atom. The highest BCUT2D eigenvalue weighted by atomic mass is 32.1. The van der Waals surface area contributed by atoms with Gasteiger partial charge in [-0.2, -0.15) is 0 Å². The molecular formula is C10H14N2OS. The third kappa shape index (κ3) is 1.53. The summed E-state index contributed by atoms with van der Waals surface area (Å²) in [5.41, 5.74) is -0.0190. The fraction of sp³-hybridized carbons (Fsp3) is 0.700. The maximum atomic E-state index is 5.83. The van der Waals surface area contributed by atoms with Crippen molar-refractivity contribution in [2.45, 2.75) is 31.3 Å². The molecule has 0 bridgehead atoms. The van der Waals surface area contributed by atoms with Crippen molar-refractivity contribution in [3.63, 3.8) is 0 Å². The summed E-state index contributed by atoms with van der Waals surface area (Å²) in [7, 11) is 0. The summed E-state index contributed by atoms with van der Waals surface area (Å²) in [5.74, 6) is 1.56. The lowest BCUT2D eigenvalue weighted by Crippen LogP contribution is -2.61. The van der Waals surface area contributed by atoms with Crippen molar-refractivity contribution in [1.82, 2.24) is 10.3 Å². The van der Waals surface area contributed by atoms with Gasteiger partial charge in [0.25, 0.3) is 0 Å². The van der Waals surface area contributed by atoms with E-state index in [1.54, 1.807) is 11.3 Å².